The molecule has 0 radical (unpaired) electrons. The van der Waals surface area contributed by atoms with Crippen molar-refractivity contribution < 1.29 is 45.1 Å². The Morgan fingerprint density at radius 3 is 1.81 bits per heavy atom. The zero-order valence-corrected chi connectivity index (χ0v) is 7.15. The van der Waals surface area contributed by atoms with E-state index in [4.69, 9.17) is 0 Å². The summed E-state index contributed by atoms with van der Waals surface area (Å²) in [6, 6.07) is 0. The van der Waals surface area contributed by atoms with Crippen LogP contribution in [0.3, 0.4) is 0 Å². The summed E-state index contributed by atoms with van der Waals surface area (Å²) >= 11 is 0. The Labute approximate surface area is 83.2 Å². The standard InChI is InChI=1S/C6H3F7O3/c7-3(6(11,12)13)4(15)16-2(14)1-5(8,9)10/h3H,1H2. The van der Waals surface area contributed by atoms with Gasteiger partial charge in [-0.05, 0) is 0 Å². The van der Waals surface area contributed by atoms with Crippen LogP contribution in [0.15, 0.2) is 0 Å². The molecule has 0 aromatic rings. The predicted molar refractivity (Wildman–Crippen MR) is 32.7 cm³/mol. The molecule has 0 rings (SSSR count). The molecule has 0 aromatic heterocycles. The van der Waals surface area contributed by atoms with Gasteiger partial charge in [0.2, 0.25) is 0 Å². The predicted octanol–water partition coefficient (Wildman–Crippen LogP) is 1.91. The summed E-state index contributed by atoms with van der Waals surface area (Å²) in [5.74, 6) is -5.02. The van der Waals surface area contributed by atoms with Gasteiger partial charge in [-0.1, -0.05) is 0 Å². The van der Waals surface area contributed by atoms with Gasteiger partial charge in [0.05, 0.1) is 0 Å². The van der Waals surface area contributed by atoms with Crippen molar-refractivity contribution in [3.63, 3.8) is 0 Å². The van der Waals surface area contributed by atoms with E-state index in [1.165, 1.54) is 0 Å². The molecule has 16 heavy (non-hydrogen) atoms. The maximum absolute atomic E-state index is 12.1. The van der Waals surface area contributed by atoms with Gasteiger partial charge in [-0.3, -0.25) is 4.79 Å². The second kappa shape index (κ2) is 4.66. The molecule has 0 spiro atoms. The van der Waals surface area contributed by atoms with Gasteiger partial charge < -0.3 is 4.74 Å². The smallest absolute Gasteiger partial charge is 0.390 e. The van der Waals surface area contributed by atoms with Gasteiger partial charge in [-0.25, -0.2) is 9.18 Å². The first kappa shape index (κ1) is 14.6. The molecule has 0 heterocycles. The Hall–Kier alpha value is -1.35. The first-order valence-corrected chi connectivity index (χ1v) is 3.45. The minimum atomic E-state index is -5.63. The van der Waals surface area contributed by atoms with Gasteiger partial charge in [0, 0.05) is 0 Å². The number of carbonyl (C=O) groups excluding carboxylic acids is 2. The average Bonchev–Trinajstić information content (AvgIpc) is 1.96. The van der Waals surface area contributed by atoms with Crippen LogP contribution in [0.1, 0.15) is 6.42 Å². The van der Waals surface area contributed by atoms with E-state index in [1.807, 2.05) is 0 Å². The first-order valence-electron chi connectivity index (χ1n) is 3.45. The molecule has 10 heteroatoms. The molecule has 0 aliphatic heterocycles. The molecule has 0 N–H and O–H groups in total. The maximum atomic E-state index is 12.1. The summed E-state index contributed by atoms with van der Waals surface area (Å²) in [6.07, 6.45) is -17.1. The zero-order valence-electron chi connectivity index (χ0n) is 7.15. The van der Waals surface area contributed by atoms with E-state index < -0.39 is 36.9 Å². The minimum Gasteiger partial charge on any atom is -0.390 e. The quantitative estimate of drug-likeness (QED) is 0.430. The van der Waals surface area contributed by atoms with Gasteiger partial charge in [-0.15, -0.1) is 0 Å². The Bertz CT molecular complexity index is 279. The Kier molecular flexibility index (Phi) is 4.27. The third kappa shape index (κ3) is 5.51. The average molecular weight is 256 g/mol. The monoisotopic (exact) mass is 256 g/mol. The molecule has 0 saturated heterocycles. The molecule has 1 atom stereocenters. The van der Waals surface area contributed by atoms with Crippen molar-refractivity contribution in [1.29, 1.82) is 0 Å². The van der Waals surface area contributed by atoms with E-state index in [0.717, 1.165) is 0 Å². The van der Waals surface area contributed by atoms with Crippen LogP contribution in [0.5, 0.6) is 0 Å². The van der Waals surface area contributed by atoms with Crippen LogP contribution < -0.4 is 0 Å². The summed E-state index contributed by atoms with van der Waals surface area (Å²) in [7, 11) is 0. The highest BCUT2D eigenvalue weighted by Gasteiger charge is 2.48. The van der Waals surface area contributed by atoms with Crippen molar-refractivity contribution in [1.82, 2.24) is 0 Å². The first-order chi connectivity index (χ1) is 6.93. The second-order valence-electron chi connectivity index (χ2n) is 2.49. The molecule has 0 amide bonds. The number of alkyl halides is 7. The number of carbonyl (C=O) groups is 2. The number of ether oxygens (including phenoxy) is 1. The van der Waals surface area contributed by atoms with Crippen LogP contribution in [0, 0.1) is 0 Å². The molecule has 94 valence electrons. The lowest BCUT2D eigenvalue weighted by Crippen LogP contribution is -2.35. The molecule has 0 fully saturated rings. The van der Waals surface area contributed by atoms with E-state index in [0.29, 0.717) is 0 Å². The fourth-order valence-electron chi connectivity index (χ4n) is 0.497. The SMILES string of the molecule is O=C(CC(F)(F)F)OC(=O)C(F)C(F)(F)F. The lowest BCUT2D eigenvalue weighted by Gasteiger charge is -2.11. The highest BCUT2D eigenvalue weighted by Crippen LogP contribution is 2.25. The van der Waals surface area contributed by atoms with Crippen LogP contribution in [-0.2, 0) is 14.3 Å². The van der Waals surface area contributed by atoms with Gasteiger partial charge >= 0.3 is 24.3 Å². The Morgan fingerprint density at radius 1 is 1.06 bits per heavy atom. The van der Waals surface area contributed by atoms with E-state index in [-0.39, 0.29) is 0 Å². The van der Waals surface area contributed by atoms with Gasteiger partial charge in [0.25, 0.3) is 6.17 Å². The lowest BCUT2D eigenvalue weighted by molar-refractivity contribution is -0.204. The van der Waals surface area contributed by atoms with E-state index in [1.54, 1.807) is 0 Å². The van der Waals surface area contributed by atoms with E-state index in [9.17, 15) is 40.3 Å². The third-order valence-electron chi connectivity index (χ3n) is 1.05. The summed E-state index contributed by atoms with van der Waals surface area (Å²) in [5.41, 5.74) is 0. The van der Waals surface area contributed by atoms with Crippen LogP contribution in [0.4, 0.5) is 30.7 Å². The van der Waals surface area contributed by atoms with Gasteiger partial charge in [0.1, 0.15) is 6.42 Å². The van der Waals surface area contributed by atoms with Crippen LogP contribution >= 0.6 is 0 Å². The van der Waals surface area contributed by atoms with Crippen molar-refractivity contribution in [2.45, 2.75) is 24.9 Å². The largest absolute Gasteiger partial charge is 0.430 e. The minimum absolute atomic E-state index is 2.27. The van der Waals surface area contributed by atoms with Crippen LogP contribution in [0.25, 0.3) is 0 Å². The van der Waals surface area contributed by atoms with Crippen LogP contribution in [-0.4, -0.2) is 30.5 Å². The van der Waals surface area contributed by atoms with Gasteiger partial charge in [-0.2, -0.15) is 26.3 Å². The van der Waals surface area contributed by atoms with Gasteiger partial charge in [0.15, 0.2) is 0 Å². The zero-order chi connectivity index (χ0) is 13.1. The van der Waals surface area contributed by atoms with Crippen LogP contribution in [0.2, 0.25) is 0 Å². The van der Waals surface area contributed by atoms with Crippen molar-refractivity contribution in [3.8, 4) is 0 Å². The highest BCUT2D eigenvalue weighted by atomic mass is 19.4. The number of hydrogen-bond acceptors (Lipinski definition) is 3. The van der Waals surface area contributed by atoms with Crippen molar-refractivity contribution in [2.24, 2.45) is 0 Å². The summed E-state index contributed by atoms with van der Waals surface area (Å²) in [4.78, 5) is 20.4. The van der Waals surface area contributed by atoms with Crippen molar-refractivity contribution in [2.75, 3.05) is 0 Å². The Morgan fingerprint density at radius 2 is 1.50 bits per heavy atom. The summed E-state index contributed by atoms with van der Waals surface area (Å²) < 4.78 is 83.9. The van der Waals surface area contributed by atoms with Crippen molar-refractivity contribution in [3.05, 3.63) is 0 Å². The summed E-state index contributed by atoms with van der Waals surface area (Å²) in [6.45, 7) is 0. The molecular formula is C6H3F7O3. The highest BCUT2D eigenvalue weighted by molar-refractivity contribution is 5.88. The maximum Gasteiger partial charge on any atom is 0.430 e. The lowest BCUT2D eigenvalue weighted by atomic mass is 10.4. The topological polar surface area (TPSA) is 43.4 Å². The second-order valence-corrected chi connectivity index (χ2v) is 2.49. The Balaban J connectivity index is 4.32. The number of rotatable bonds is 2. The molecule has 0 aliphatic carbocycles. The number of hydrogen-bond donors (Lipinski definition) is 0. The number of esters is 2. The fourth-order valence-corrected chi connectivity index (χ4v) is 0.497. The molecule has 0 aliphatic rings. The normalized spacial score (nSPS) is 14.4. The number of halogens is 7. The molecule has 0 bridgehead atoms. The third-order valence-corrected chi connectivity index (χ3v) is 1.05. The van der Waals surface area contributed by atoms with E-state index in [2.05, 4.69) is 4.74 Å². The molecule has 3 nitrogen and oxygen atoms in total. The van der Waals surface area contributed by atoms with E-state index >= 15 is 0 Å². The fraction of sp³-hybridized carbons (Fsp3) is 0.667. The molecule has 0 saturated carbocycles. The summed E-state index contributed by atoms with van der Waals surface area (Å²) in [5, 5.41) is 0. The molecular weight excluding hydrogens is 253 g/mol. The van der Waals surface area contributed by atoms with Crippen molar-refractivity contribution >= 4 is 11.9 Å². The molecule has 1 unspecified atom stereocenters. The molecule has 0 aromatic carbocycles.